The number of aliphatic imine (C=N–C) groups is 1. The molecule has 0 bridgehead atoms. The Morgan fingerprint density at radius 1 is 0.952 bits per heavy atom. The van der Waals surface area contributed by atoms with E-state index in [0.29, 0.717) is 13.4 Å². The highest BCUT2D eigenvalue weighted by molar-refractivity contribution is 8.13. The zero-order chi connectivity index (χ0) is 14.1. The Kier molecular flexibility index (Phi) is 3.20. The van der Waals surface area contributed by atoms with Gasteiger partial charge in [0.2, 0.25) is 6.79 Å². The van der Waals surface area contributed by atoms with Crippen molar-refractivity contribution in [1.82, 2.24) is 0 Å². The Balaban J connectivity index is 1.47. The van der Waals surface area contributed by atoms with Gasteiger partial charge >= 0.3 is 0 Å². The lowest BCUT2D eigenvalue weighted by molar-refractivity contribution is 0.174. The van der Waals surface area contributed by atoms with Crippen LogP contribution in [0.25, 0.3) is 0 Å². The summed E-state index contributed by atoms with van der Waals surface area (Å²) in [5, 5.41) is 0.992. The van der Waals surface area contributed by atoms with Crippen LogP contribution in [0.3, 0.4) is 0 Å². The number of thioether (sulfide) groups is 1. The van der Waals surface area contributed by atoms with Crippen LogP contribution in [0.4, 0.5) is 5.69 Å². The molecule has 21 heavy (non-hydrogen) atoms. The van der Waals surface area contributed by atoms with Crippen molar-refractivity contribution in [2.45, 2.75) is 5.75 Å². The zero-order valence-electron chi connectivity index (χ0n) is 11.2. The maximum Gasteiger partial charge on any atom is 0.231 e. The fourth-order valence-electron chi connectivity index (χ4n) is 2.25. The number of hydrogen-bond acceptors (Lipinski definition) is 5. The molecular formula is C16H13NO3S. The largest absolute Gasteiger partial charge is 0.484 e. The molecule has 0 amide bonds. The molecule has 0 fully saturated rings. The van der Waals surface area contributed by atoms with Crippen LogP contribution < -0.4 is 14.2 Å². The predicted molar refractivity (Wildman–Crippen MR) is 82.9 cm³/mol. The summed E-state index contributed by atoms with van der Waals surface area (Å²) in [6, 6.07) is 13.9. The minimum atomic E-state index is 0.309. The first-order valence-corrected chi connectivity index (χ1v) is 7.68. The monoisotopic (exact) mass is 299 g/mol. The summed E-state index contributed by atoms with van der Waals surface area (Å²) in [6.45, 7) is 0.843. The van der Waals surface area contributed by atoms with E-state index < -0.39 is 0 Å². The average Bonchev–Trinajstić information content (AvgIpc) is 3.00. The summed E-state index contributed by atoms with van der Waals surface area (Å²) in [5.41, 5.74) is 2.09. The standard InChI is InChI=1S/C16H13NO3S/c1-2-4-13-12(3-1)17-16(8-18-13)21-9-11-5-6-14-15(7-11)20-10-19-14/h1-7H,8-10H2. The van der Waals surface area contributed by atoms with Crippen molar-refractivity contribution in [3.05, 3.63) is 48.0 Å². The SMILES string of the molecule is c1ccc2c(c1)N=C(SCc1ccc3c(c1)OCO3)CO2. The summed E-state index contributed by atoms with van der Waals surface area (Å²) in [5.74, 6) is 3.32. The second kappa shape index (κ2) is 5.33. The van der Waals surface area contributed by atoms with Crippen molar-refractivity contribution in [2.24, 2.45) is 4.99 Å². The summed E-state index contributed by atoms with van der Waals surface area (Å²) < 4.78 is 16.4. The van der Waals surface area contributed by atoms with Gasteiger partial charge in [0.1, 0.15) is 23.1 Å². The van der Waals surface area contributed by atoms with Gasteiger partial charge in [0.15, 0.2) is 11.5 Å². The third-order valence-corrected chi connectivity index (χ3v) is 4.32. The molecule has 0 aliphatic carbocycles. The lowest BCUT2D eigenvalue weighted by Crippen LogP contribution is -2.11. The van der Waals surface area contributed by atoms with Gasteiger partial charge in [-0.15, -0.1) is 11.8 Å². The van der Waals surface area contributed by atoms with Crippen molar-refractivity contribution < 1.29 is 14.2 Å². The molecule has 0 saturated heterocycles. The average molecular weight is 299 g/mol. The summed E-state index contributed by atoms with van der Waals surface area (Å²) in [4.78, 5) is 4.63. The molecule has 2 aliphatic heterocycles. The van der Waals surface area contributed by atoms with Crippen LogP contribution in [0.2, 0.25) is 0 Å². The van der Waals surface area contributed by atoms with E-state index in [1.165, 1.54) is 5.56 Å². The van der Waals surface area contributed by atoms with E-state index >= 15 is 0 Å². The van der Waals surface area contributed by atoms with Crippen molar-refractivity contribution >= 4 is 22.5 Å². The first-order valence-electron chi connectivity index (χ1n) is 6.69. The lowest BCUT2D eigenvalue weighted by Gasteiger charge is -2.16. The van der Waals surface area contributed by atoms with Gasteiger partial charge in [-0.05, 0) is 29.8 Å². The number of rotatable bonds is 2. The molecule has 106 valence electrons. The summed E-state index contributed by atoms with van der Waals surface area (Å²) in [7, 11) is 0. The van der Waals surface area contributed by atoms with Crippen LogP contribution >= 0.6 is 11.8 Å². The molecule has 2 heterocycles. The number of nitrogens with zero attached hydrogens (tertiary/aromatic N) is 1. The fourth-order valence-corrected chi connectivity index (χ4v) is 3.07. The Morgan fingerprint density at radius 3 is 2.86 bits per heavy atom. The summed E-state index contributed by atoms with van der Waals surface area (Å²) >= 11 is 1.69. The van der Waals surface area contributed by atoms with Gasteiger partial charge in [-0.3, -0.25) is 0 Å². The second-order valence-electron chi connectivity index (χ2n) is 4.74. The molecule has 5 heteroatoms. The molecule has 0 aromatic heterocycles. The maximum absolute atomic E-state index is 5.70. The molecule has 0 saturated carbocycles. The van der Waals surface area contributed by atoms with E-state index in [2.05, 4.69) is 11.1 Å². The van der Waals surface area contributed by atoms with E-state index in [1.54, 1.807) is 11.8 Å². The normalized spacial score (nSPS) is 15.1. The molecule has 2 aromatic carbocycles. The topological polar surface area (TPSA) is 40.0 Å². The Labute approximate surface area is 126 Å². The lowest BCUT2D eigenvalue weighted by atomic mass is 10.2. The van der Waals surface area contributed by atoms with E-state index in [9.17, 15) is 0 Å². The predicted octanol–water partition coefficient (Wildman–Crippen LogP) is 3.77. The van der Waals surface area contributed by atoms with Crippen LogP contribution in [0.1, 0.15) is 5.56 Å². The third kappa shape index (κ3) is 2.56. The Morgan fingerprint density at radius 2 is 1.86 bits per heavy atom. The van der Waals surface area contributed by atoms with Gasteiger partial charge in [0, 0.05) is 5.75 Å². The van der Waals surface area contributed by atoms with Crippen LogP contribution in [0.5, 0.6) is 17.2 Å². The molecule has 4 nitrogen and oxygen atoms in total. The van der Waals surface area contributed by atoms with Crippen LogP contribution in [-0.2, 0) is 5.75 Å². The minimum Gasteiger partial charge on any atom is -0.484 e. The molecule has 0 atom stereocenters. The zero-order valence-corrected chi connectivity index (χ0v) is 12.1. The molecule has 0 spiro atoms. The van der Waals surface area contributed by atoms with Crippen molar-refractivity contribution in [2.75, 3.05) is 13.4 Å². The molecular weight excluding hydrogens is 286 g/mol. The fraction of sp³-hybridized carbons (Fsp3) is 0.188. The number of ether oxygens (including phenoxy) is 3. The summed E-state index contributed by atoms with van der Waals surface area (Å²) in [6.07, 6.45) is 0. The molecule has 0 radical (unpaired) electrons. The van der Waals surface area contributed by atoms with Crippen LogP contribution in [-0.4, -0.2) is 18.4 Å². The van der Waals surface area contributed by atoms with E-state index in [4.69, 9.17) is 14.2 Å². The highest BCUT2D eigenvalue weighted by Crippen LogP contribution is 2.35. The maximum atomic E-state index is 5.70. The second-order valence-corrected chi connectivity index (χ2v) is 5.79. The number of benzene rings is 2. The quantitative estimate of drug-likeness (QED) is 0.846. The van der Waals surface area contributed by atoms with Gasteiger partial charge in [-0.25, -0.2) is 4.99 Å². The highest BCUT2D eigenvalue weighted by Gasteiger charge is 2.15. The first-order chi connectivity index (χ1) is 10.4. The Bertz CT molecular complexity index is 714. The first kappa shape index (κ1) is 12.6. The molecule has 0 unspecified atom stereocenters. The third-order valence-electron chi connectivity index (χ3n) is 3.30. The Hall–Kier alpha value is -2.14. The van der Waals surface area contributed by atoms with E-state index in [-0.39, 0.29) is 0 Å². The number of para-hydroxylation sites is 2. The number of hydrogen-bond donors (Lipinski definition) is 0. The van der Waals surface area contributed by atoms with Crippen molar-refractivity contribution in [3.63, 3.8) is 0 Å². The molecule has 4 rings (SSSR count). The van der Waals surface area contributed by atoms with Crippen molar-refractivity contribution in [1.29, 1.82) is 0 Å². The smallest absolute Gasteiger partial charge is 0.231 e. The molecule has 2 aromatic rings. The van der Waals surface area contributed by atoms with Gasteiger partial charge in [0.05, 0.1) is 0 Å². The molecule has 0 N–H and O–H groups in total. The van der Waals surface area contributed by atoms with Gasteiger partial charge < -0.3 is 14.2 Å². The minimum absolute atomic E-state index is 0.309. The van der Waals surface area contributed by atoms with Crippen LogP contribution in [0.15, 0.2) is 47.5 Å². The highest BCUT2D eigenvalue weighted by atomic mass is 32.2. The van der Waals surface area contributed by atoms with Crippen molar-refractivity contribution in [3.8, 4) is 17.2 Å². The van der Waals surface area contributed by atoms with Gasteiger partial charge in [-0.2, -0.15) is 0 Å². The van der Waals surface area contributed by atoms with Crippen LogP contribution in [0, 0.1) is 0 Å². The number of fused-ring (bicyclic) bond motifs is 2. The van der Waals surface area contributed by atoms with E-state index in [0.717, 1.165) is 33.7 Å². The van der Waals surface area contributed by atoms with Gasteiger partial charge in [-0.1, -0.05) is 18.2 Å². The molecule has 2 aliphatic rings. The van der Waals surface area contributed by atoms with Gasteiger partial charge in [0.25, 0.3) is 0 Å². The van der Waals surface area contributed by atoms with E-state index in [1.807, 2.05) is 36.4 Å².